The summed E-state index contributed by atoms with van der Waals surface area (Å²) in [6.45, 7) is 0. The van der Waals surface area contributed by atoms with Gasteiger partial charge in [0, 0.05) is 24.4 Å². The van der Waals surface area contributed by atoms with Gasteiger partial charge in [-0.1, -0.05) is 5.11 Å². The maximum Gasteiger partial charge on any atom is 0.252 e. The third-order valence-electron chi connectivity index (χ3n) is 1.37. The molecule has 1 aromatic rings. The molecule has 0 aliphatic heterocycles. The summed E-state index contributed by atoms with van der Waals surface area (Å²) in [6.07, 6.45) is 2.78. The number of aromatic nitrogens is 1. The van der Waals surface area contributed by atoms with Crippen LogP contribution < -0.4 is 5.32 Å². The first-order valence-corrected chi connectivity index (χ1v) is 3.50. The van der Waals surface area contributed by atoms with Crippen molar-refractivity contribution in [3.8, 4) is 0 Å². The normalized spacial score (nSPS) is 8.69. The lowest BCUT2D eigenvalue weighted by Gasteiger charge is -1.98. The standard InChI is InChI=1S/C7H7N5O/c1-9-7(13)5-2-6(11-12-8)4-10-3-5/h2-4H,1H3,(H,9,13). The summed E-state index contributed by atoms with van der Waals surface area (Å²) in [5.41, 5.74) is 8.83. The number of amides is 1. The van der Waals surface area contributed by atoms with Crippen LogP contribution in [0.4, 0.5) is 5.69 Å². The molecular weight excluding hydrogens is 170 g/mol. The minimum atomic E-state index is -0.262. The van der Waals surface area contributed by atoms with Crippen molar-refractivity contribution in [1.29, 1.82) is 0 Å². The van der Waals surface area contributed by atoms with Crippen molar-refractivity contribution in [2.75, 3.05) is 7.05 Å². The van der Waals surface area contributed by atoms with E-state index < -0.39 is 0 Å². The molecule has 0 saturated heterocycles. The summed E-state index contributed by atoms with van der Waals surface area (Å²) in [7, 11) is 1.52. The highest BCUT2D eigenvalue weighted by molar-refractivity contribution is 5.94. The predicted molar refractivity (Wildman–Crippen MR) is 46.4 cm³/mol. The molecule has 6 heteroatoms. The van der Waals surface area contributed by atoms with E-state index in [1.165, 1.54) is 25.5 Å². The Kier molecular flexibility index (Phi) is 2.83. The largest absolute Gasteiger partial charge is 0.355 e. The lowest BCUT2D eigenvalue weighted by atomic mass is 10.2. The van der Waals surface area contributed by atoms with Gasteiger partial charge in [-0.25, -0.2) is 0 Å². The molecule has 1 heterocycles. The Balaban J connectivity index is 3.04. The first-order valence-electron chi connectivity index (χ1n) is 3.50. The summed E-state index contributed by atoms with van der Waals surface area (Å²) < 4.78 is 0. The molecule has 0 fully saturated rings. The van der Waals surface area contributed by atoms with Crippen molar-refractivity contribution >= 4 is 11.6 Å². The number of nitrogens with one attached hydrogen (secondary N) is 1. The summed E-state index contributed by atoms with van der Waals surface area (Å²) in [5, 5.41) is 5.76. The Bertz CT molecular complexity index is 369. The van der Waals surface area contributed by atoms with Gasteiger partial charge in [0.1, 0.15) is 0 Å². The molecule has 1 N–H and O–H groups in total. The molecule has 0 spiro atoms. The topological polar surface area (TPSA) is 90.8 Å². The molecule has 0 unspecified atom stereocenters. The Morgan fingerprint density at radius 3 is 3.08 bits per heavy atom. The third kappa shape index (κ3) is 2.18. The quantitative estimate of drug-likeness (QED) is 0.420. The first-order chi connectivity index (χ1) is 6.27. The predicted octanol–water partition coefficient (Wildman–Crippen LogP) is 1.38. The van der Waals surface area contributed by atoms with Crippen LogP contribution in [0.3, 0.4) is 0 Å². The Morgan fingerprint density at radius 2 is 2.46 bits per heavy atom. The monoisotopic (exact) mass is 177 g/mol. The average Bonchev–Trinajstić information content (AvgIpc) is 2.18. The van der Waals surface area contributed by atoms with Crippen LogP contribution in [0, 0.1) is 0 Å². The molecule has 6 nitrogen and oxygen atoms in total. The molecule has 0 atom stereocenters. The summed E-state index contributed by atoms with van der Waals surface area (Å²) >= 11 is 0. The fourth-order valence-electron chi connectivity index (χ4n) is 0.803. The van der Waals surface area contributed by atoms with Gasteiger partial charge in [-0.15, -0.1) is 0 Å². The molecule has 0 radical (unpaired) electrons. The second-order valence-electron chi connectivity index (χ2n) is 2.20. The number of rotatable bonds is 2. The number of carbonyl (C=O) groups excluding carboxylic acids is 1. The van der Waals surface area contributed by atoms with Crippen molar-refractivity contribution < 1.29 is 4.79 Å². The highest BCUT2D eigenvalue weighted by Gasteiger charge is 2.02. The van der Waals surface area contributed by atoms with E-state index in [0.29, 0.717) is 11.3 Å². The molecule has 0 aliphatic rings. The Morgan fingerprint density at radius 1 is 1.69 bits per heavy atom. The number of carbonyl (C=O) groups is 1. The second-order valence-corrected chi connectivity index (χ2v) is 2.20. The van der Waals surface area contributed by atoms with Crippen molar-refractivity contribution in [2.24, 2.45) is 5.11 Å². The van der Waals surface area contributed by atoms with Crippen LogP contribution in [-0.4, -0.2) is 17.9 Å². The van der Waals surface area contributed by atoms with Crippen molar-refractivity contribution in [2.45, 2.75) is 0 Å². The van der Waals surface area contributed by atoms with Gasteiger partial charge in [0.05, 0.1) is 11.3 Å². The zero-order chi connectivity index (χ0) is 9.68. The van der Waals surface area contributed by atoms with Crippen LogP contribution in [0.5, 0.6) is 0 Å². The van der Waals surface area contributed by atoms with E-state index in [4.69, 9.17) is 5.53 Å². The smallest absolute Gasteiger partial charge is 0.252 e. The number of hydrogen-bond donors (Lipinski definition) is 1. The number of pyridine rings is 1. The fourth-order valence-corrected chi connectivity index (χ4v) is 0.803. The van der Waals surface area contributed by atoms with E-state index in [-0.39, 0.29) is 5.91 Å². The zero-order valence-corrected chi connectivity index (χ0v) is 6.93. The van der Waals surface area contributed by atoms with Gasteiger partial charge in [-0.2, -0.15) is 0 Å². The summed E-state index contributed by atoms with van der Waals surface area (Å²) in [6, 6.07) is 1.46. The van der Waals surface area contributed by atoms with Gasteiger partial charge in [0.15, 0.2) is 0 Å². The zero-order valence-electron chi connectivity index (χ0n) is 6.93. The molecule has 1 rings (SSSR count). The molecule has 0 aliphatic carbocycles. The van der Waals surface area contributed by atoms with E-state index >= 15 is 0 Å². The molecule has 66 valence electrons. The van der Waals surface area contributed by atoms with Gasteiger partial charge in [-0.3, -0.25) is 9.78 Å². The van der Waals surface area contributed by atoms with Gasteiger partial charge >= 0.3 is 0 Å². The van der Waals surface area contributed by atoms with Gasteiger partial charge in [0.25, 0.3) is 5.91 Å². The SMILES string of the molecule is CNC(=O)c1cncc(N=[N+]=[N-])c1. The van der Waals surface area contributed by atoms with Crippen molar-refractivity contribution in [3.05, 3.63) is 34.5 Å². The van der Waals surface area contributed by atoms with Crippen LogP contribution in [0.25, 0.3) is 10.4 Å². The van der Waals surface area contributed by atoms with Crippen LogP contribution >= 0.6 is 0 Å². The minimum Gasteiger partial charge on any atom is -0.355 e. The Labute approximate surface area is 74.2 Å². The minimum absolute atomic E-state index is 0.262. The van der Waals surface area contributed by atoms with E-state index in [1.54, 1.807) is 0 Å². The van der Waals surface area contributed by atoms with Crippen molar-refractivity contribution in [3.63, 3.8) is 0 Å². The maximum absolute atomic E-state index is 11.1. The van der Waals surface area contributed by atoms with Crippen LogP contribution in [0.15, 0.2) is 23.6 Å². The number of nitrogens with zero attached hydrogens (tertiary/aromatic N) is 4. The number of azide groups is 1. The van der Waals surface area contributed by atoms with Crippen molar-refractivity contribution in [1.82, 2.24) is 10.3 Å². The number of hydrogen-bond acceptors (Lipinski definition) is 3. The molecule has 1 amide bonds. The molecule has 13 heavy (non-hydrogen) atoms. The highest BCUT2D eigenvalue weighted by Crippen LogP contribution is 2.11. The van der Waals surface area contributed by atoms with Crippen LogP contribution in [0.2, 0.25) is 0 Å². The lowest BCUT2D eigenvalue weighted by Crippen LogP contribution is -2.17. The molecule has 1 aromatic heterocycles. The Hall–Kier alpha value is -2.07. The lowest BCUT2D eigenvalue weighted by molar-refractivity contribution is 0.0963. The van der Waals surface area contributed by atoms with Crippen LogP contribution in [0.1, 0.15) is 10.4 Å². The van der Waals surface area contributed by atoms with E-state index in [0.717, 1.165) is 0 Å². The summed E-state index contributed by atoms with van der Waals surface area (Å²) in [4.78, 5) is 17.4. The molecule has 0 saturated carbocycles. The first kappa shape index (κ1) is 9.02. The van der Waals surface area contributed by atoms with Gasteiger partial charge in [0.2, 0.25) is 0 Å². The van der Waals surface area contributed by atoms with Gasteiger partial charge < -0.3 is 5.32 Å². The summed E-state index contributed by atoms with van der Waals surface area (Å²) in [5.74, 6) is -0.262. The van der Waals surface area contributed by atoms with E-state index in [1.807, 2.05) is 0 Å². The second kappa shape index (κ2) is 4.08. The molecule has 0 aromatic carbocycles. The molecular formula is C7H7N5O. The van der Waals surface area contributed by atoms with E-state index in [2.05, 4.69) is 20.3 Å². The average molecular weight is 177 g/mol. The third-order valence-corrected chi connectivity index (χ3v) is 1.37. The van der Waals surface area contributed by atoms with Gasteiger partial charge in [-0.05, 0) is 11.6 Å². The maximum atomic E-state index is 11.1. The fraction of sp³-hybridized carbons (Fsp3) is 0.143. The molecule has 0 bridgehead atoms. The van der Waals surface area contributed by atoms with Crippen LogP contribution in [-0.2, 0) is 0 Å². The van der Waals surface area contributed by atoms with E-state index in [9.17, 15) is 4.79 Å². The highest BCUT2D eigenvalue weighted by atomic mass is 16.1.